The quantitative estimate of drug-likeness (QED) is 0.596. The Hall–Kier alpha value is -3.56. The summed E-state index contributed by atoms with van der Waals surface area (Å²) in [5, 5.41) is 7.14. The molecule has 2 unspecified atom stereocenters. The number of hydrogen-bond donors (Lipinski definition) is 1. The number of methoxy groups -OCH3 is 1. The van der Waals surface area contributed by atoms with Crippen molar-refractivity contribution in [2.24, 2.45) is 0 Å². The molecular formula is C23H24F3N5O2. The molecule has 0 bridgehead atoms. The van der Waals surface area contributed by atoms with Gasteiger partial charge in [-0.05, 0) is 29.8 Å². The molecule has 0 aliphatic carbocycles. The van der Waals surface area contributed by atoms with E-state index in [4.69, 9.17) is 4.74 Å². The fourth-order valence-corrected chi connectivity index (χ4v) is 3.86. The average Bonchev–Trinajstić information content (AvgIpc) is 3.25. The molecule has 3 aromatic rings. The molecule has 7 nitrogen and oxygen atoms in total. The van der Waals surface area contributed by atoms with Gasteiger partial charge in [0.2, 0.25) is 0 Å². The molecule has 33 heavy (non-hydrogen) atoms. The molecule has 0 saturated heterocycles. The average molecular weight is 459 g/mol. The number of pyridine rings is 1. The van der Waals surface area contributed by atoms with Gasteiger partial charge < -0.3 is 15.0 Å². The maximum atomic E-state index is 13.9. The summed E-state index contributed by atoms with van der Waals surface area (Å²) in [6, 6.07) is 11.3. The summed E-state index contributed by atoms with van der Waals surface area (Å²) in [5.74, 6) is 0.330. The fourth-order valence-electron chi connectivity index (χ4n) is 3.86. The molecule has 2 aromatic heterocycles. The van der Waals surface area contributed by atoms with Gasteiger partial charge in [-0.25, -0.2) is 4.68 Å². The summed E-state index contributed by atoms with van der Waals surface area (Å²) in [6.07, 6.45) is -2.56. The number of carbonyl (C=O) groups excluding carboxylic acids is 1. The minimum Gasteiger partial charge on any atom is -0.497 e. The van der Waals surface area contributed by atoms with Crippen molar-refractivity contribution in [3.63, 3.8) is 0 Å². The predicted octanol–water partition coefficient (Wildman–Crippen LogP) is 4.26. The van der Waals surface area contributed by atoms with Crippen LogP contribution < -0.4 is 10.1 Å². The number of rotatable bonds is 6. The van der Waals surface area contributed by atoms with Gasteiger partial charge in [-0.3, -0.25) is 9.78 Å². The molecule has 174 valence electrons. The Morgan fingerprint density at radius 1 is 1.24 bits per heavy atom. The second kappa shape index (κ2) is 9.13. The number of hydrogen-bond acceptors (Lipinski definition) is 5. The highest BCUT2D eigenvalue weighted by atomic mass is 19.4. The second-order valence-electron chi connectivity index (χ2n) is 7.92. The van der Waals surface area contributed by atoms with E-state index in [9.17, 15) is 18.0 Å². The monoisotopic (exact) mass is 459 g/mol. The van der Waals surface area contributed by atoms with E-state index < -0.39 is 24.2 Å². The Balaban J connectivity index is 1.55. The first-order valence-corrected chi connectivity index (χ1v) is 10.5. The Kier molecular flexibility index (Phi) is 6.26. The normalized spacial score (nSPS) is 17.7. The molecular weight excluding hydrogens is 435 g/mol. The summed E-state index contributed by atoms with van der Waals surface area (Å²) in [6.45, 7) is 0.364. The Morgan fingerprint density at radius 3 is 2.64 bits per heavy atom. The third-order valence-electron chi connectivity index (χ3n) is 5.70. The van der Waals surface area contributed by atoms with Gasteiger partial charge in [0.25, 0.3) is 5.91 Å². The van der Waals surface area contributed by atoms with E-state index in [-0.39, 0.29) is 17.9 Å². The van der Waals surface area contributed by atoms with E-state index in [1.165, 1.54) is 18.1 Å². The zero-order valence-corrected chi connectivity index (χ0v) is 18.2. The van der Waals surface area contributed by atoms with Crippen molar-refractivity contribution < 1.29 is 22.7 Å². The number of likely N-dealkylation sites (N-methyl/N-ethyl adjacent to an activating group) is 1. The molecule has 0 saturated carbocycles. The van der Waals surface area contributed by atoms with Crippen molar-refractivity contribution in [3.8, 4) is 5.75 Å². The molecule has 1 amide bonds. The first kappa shape index (κ1) is 22.6. The zero-order valence-electron chi connectivity index (χ0n) is 18.2. The lowest BCUT2D eigenvalue weighted by molar-refractivity contribution is -0.173. The molecule has 0 spiro atoms. The summed E-state index contributed by atoms with van der Waals surface area (Å²) in [4.78, 5) is 18.5. The molecule has 10 heteroatoms. The van der Waals surface area contributed by atoms with Gasteiger partial charge in [-0.2, -0.15) is 18.3 Å². The molecule has 0 fully saturated rings. The lowest BCUT2D eigenvalue weighted by Gasteiger charge is -2.33. The molecule has 1 aromatic carbocycles. The summed E-state index contributed by atoms with van der Waals surface area (Å²) < 4.78 is 47.7. The van der Waals surface area contributed by atoms with Crippen LogP contribution in [0.4, 0.5) is 19.0 Å². The molecule has 1 aliphatic heterocycles. The third-order valence-corrected chi connectivity index (χ3v) is 5.70. The van der Waals surface area contributed by atoms with Gasteiger partial charge >= 0.3 is 6.18 Å². The fraction of sp³-hybridized carbons (Fsp3) is 0.348. The van der Waals surface area contributed by atoms with E-state index in [2.05, 4.69) is 15.4 Å². The summed E-state index contributed by atoms with van der Waals surface area (Å²) >= 11 is 0. The van der Waals surface area contributed by atoms with E-state index in [0.717, 1.165) is 10.4 Å². The van der Waals surface area contributed by atoms with Gasteiger partial charge in [0, 0.05) is 44.4 Å². The van der Waals surface area contributed by atoms with Crippen molar-refractivity contribution >= 4 is 11.7 Å². The lowest BCUT2D eigenvalue weighted by Crippen LogP contribution is -2.36. The Morgan fingerprint density at radius 2 is 2.00 bits per heavy atom. The maximum Gasteiger partial charge on any atom is 0.410 e. The number of nitrogens with one attached hydrogen (secondary N) is 1. The molecule has 3 heterocycles. The van der Waals surface area contributed by atoms with Crippen molar-refractivity contribution in [3.05, 3.63) is 71.7 Å². The standard InChI is InChI=1S/C23H24F3N5O2/c1-30(12-10-16-5-3-4-11-27-16)22(32)19-14-21-28-18(15-6-8-17(33-2)9-7-15)13-20(23(24,25)26)31(21)29-19/h3-9,11,14,18,20,28H,10,12-13H2,1-2H3. The van der Waals surface area contributed by atoms with Crippen LogP contribution >= 0.6 is 0 Å². The highest BCUT2D eigenvalue weighted by Gasteiger charge is 2.46. The van der Waals surface area contributed by atoms with E-state index >= 15 is 0 Å². The number of anilines is 1. The molecule has 2 atom stereocenters. The van der Waals surface area contributed by atoms with Crippen molar-refractivity contribution in [2.45, 2.75) is 31.1 Å². The van der Waals surface area contributed by atoms with Crippen LogP contribution in [0, 0.1) is 0 Å². The number of amides is 1. The summed E-state index contributed by atoms with van der Waals surface area (Å²) in [5.41, 5.74) is 1.48. The molecule has 4 rings (SSSR count). The van der Waals surface area contributed by atoms with Crippen LogP contribution in [-0.4, -0.2) is 52.5 Å². The van der Waals surface area contributed by atoms with Crippen LogP contribution in [0.3, 0.4) is 0 Å². The topological polar surface area (TPSA) is 72.3 Å². The van der Waals surface area contributed by atoms with Crippen LogP contribution in [0.2, 0.25) is 0 Å². The van der Waals surface area contributed by atoms with Gasteiger partial charge in [0.1, 0.15) is 11.6 Å². The number of benzene rings is 1. The first-order valence-electron chi connectivity index (χ1n) is 10.5. The van der Waals surface area contributed by atoms with Crippen LogP contribution in [0.1, 0.15) is 40.3 Å². The number of carbonyl (C=O) groups is 1. The number of aromatic nitrogens is 3. The Bertz CT molecular complexity index is 1100. The highest BCUT2D eigenvalue weighted by Crippen LogP contribution is 2.43. The third kappa shape index (κ3) is 4.94. The number of halogens is 3. The Labute approximate surface area is 189 Å². The minimum absolute atomic E-state index is 0.0364. The highest BCUT2D eigenvalue weighted by molar-refractivity contribution is 5.93. The van der Waals surface area contributed by atoms with Gasteiger partial charge in [0.15, 0.2) is 11.7 Å². The lowest BCUT2D eigenvalue weighted by atomic mass is 9.97. The number of alkyl halides is 3. The van der Waals surface area contributed by atoms with Gasteiger partial charge in [0.05, 0.1) is 13.2 Å². The van der Waals surface area contributed by atoms with E-state index in [0.29, 0.717) is 24.3 Å². The predicted molar refractivity (Wildman–Crippen MR) is 116 cm³/mol. The van der Waals surface area contributed by atoms with Gasteiger partial charge in [-0.1, -0.05) is 18.2 Å². The first-order chi connectivity index (χ1) is 15.8. The van der Waals surface area contributed by atoms with Crippen molar-refractivity contribution in [2.75, 3.05) is 26.0 Å². The maximum absolute atomic E-state index is 13.9. The smallest absolute Gasteiger partial charge is 0.410 e. The van der Waals surface area contributed by atoms with Crippen LogP contribution in [0.5, 0.6) is 5.75 Å². The van der Waals surface area contributed by atoms with Crippen LogP contribution in [0.15, 0.2) is 54.7 Å². The molecule has 0 radical (unpaired) electrons. The largest absolute Gasteiger partial charge is 0.497 e. The number of fused-ring (bicyclic) bond motifs is 1. The SMILES string of the molecule is COc1ccc(C2CC(C(F)(F)F)n3nc(C(=O)N(C)CCc4ccccn4)cc3N2)cc1. The van der Waals surface area contributed by atoms with E-state index in [1.807, 2.05) is 12.1 Å². The molecule has 1 aliphatic rings. The van der Waals surface area contributed by atoms with Crippen LogP contribution in [0.25, 0.3) is 0 Å². The number of nitrogens with zero attached hydrogens (tertiary/aromatic N) is 4. The zero-order chi connectivity index (χ0) is 23.6. The molecule has 1 N–H and O–H groups in total. The summed E-state index contributed by atoms with van der Waals surface area (Å²) in [7, 11) is 3.12. The van der Waals surface area contributed by atoms with E-state index in [1.54, 1.807) is 43.6 Å². The van der Waals surface area contributed by atoms with Crippen molar-refractivity contribution in [1.82, 2.24) is 19.7 Å². The second-order valence-corrected chi connectivity index (χ2v) is 7.92. The minimum atomic E-state index is -4.52. The van der Waals surface area contributed by atoms with Crippen LogP contribution in [-0.2, 0) is 6.42 Å². The number of ether oxygens (including phenoxy) is 1. The van der Waals surface area contributed by atoms with Crippen molar-refractivity contribution in [1.29, 1.82) is 0 Å². The van der Waals surface area contributed by atoms with Gasteiger partial charge in [-0.15, -0.1) is 0 Å².